The monoisotopic (exact) mass is 354 g/mol. The van der Waals surface area contributed by atoms with Crippen molar-refractivity contribution in [3.8, 4) is 11.1 Å². The Morgan fingerprint density at radius 2 is 1.54 bits per heavy atom. The lowest BCUT2D eigenvalue weighted by molar-refractivity contribution is -0.167. The Balaban J connectivity index is 2.24. The molecule has 1 unspecified atom stereocenters. The number of carbonyl (C=O) groups is 3. The second-order valence-corrected chi connectivity index (χ2v) is 6.42. The lowest BCUT2D eigenvalue weighted by Crippen LogP contribution is -2.46. The smallest absolute Gasteiger partial charge is 0.319 e. The molecule has 0 saturated heterocycles. The van der Waals surface area contributed by atoms with Crippen LogP contribution in [0.4, 0.5) is 0 Å². The molecule has 0 aliphatic rings. The van der Waals surface area contributed by atoms with Gasteiger partial charge < -0.3 is 9.84 Å². The minimum Gasteiger partial charge on any atom is -0.481 e. The molecule has 0 aliphatic carbocycles. The maximum atomic E-state index is 12.8. The van der Waals surface area contributed by atoms with Crippen LogP contribution in [0.25, 0.3) is 11.1 Å². The summed E-state index contributed by atoms with van der Waals surface area (Å²) in [6, 6.07) is 17.2. The van der Waals surface area contributed by atoms with Crippen LogP contribution in [0.1, 0.15) is 19.4 Å². The van der Waals surface area contributed by atoms with Crippen LogP contribution in [0, 0.1) is 11.3 Å². The fourth-order valence-electron chi connectivity index (χ4n) is 2.81. The molecule has 0 aromatic heterocycles. The minimum absolute atomic E-state index is 0.0434. The van der Waals surface area contributed by atoms with Crippen molar-refractivity contribution in [1.29, 1.82) is 0 Å². The molecule has 5 nitrogen and oxygen atoms in total. The third-order valence-corrected chi connectivity index (χ3v) is 4.85. The fourth-order valence-corrected chi connectivity index (χ4v) is 2.81. The molecule has 26 heavy (non-hydrogen) atoms. The second-order valence-electron chi connectivity index (χ2n) is 6.42. The van der Waals surface area contributed by atoms with Gasteiger partial charge in [0.15, 0.2) is 5.78 Å². The molecule has 2 rings (SSSR count). The zero-order chi connectivity index (χ0) is 19.3. The van der Waals surface area contributed by atoms with Gasteiger partial charge >= 0.3 is 11.9 Å². The van der Waals surface area contributed by atoms with E-state index in [9.17, 15) is 19.5 Å². The number of carbonyl (C=O) groups excluding carboxylic acids is 2. The predicted octanol–water partition coefficient (Wildman–Crippen LogP) is 3.37. The van der Waals surface area contributed by atoms with Crippen LogP contribution in [-0.4, -0.2) is 29.9 Å². The molecule has 0 radical (unpaired) electrons. The van der Waals surface area contributed by atoms with Gasteiger partial charge in [0, 0.05) is 6.42 Å². The maximum Gasteiger partial charge on any atom is 0.319 e. The number of rotatable bonds is 7. The van der Waals surface area contributed by atoms with Crippen molar-refractivity contribution in [1.82, 2.24) is 0 Å². The van der Waals surface area contributed by atoms with E-state index in [0.29, 0.717) is 5.56 Å². The number of carboxylic acids is 1. The van der Waals surface area contributed by atoms with Crippen molar-refractivity contribution in [2.45, 2.75) is 20.3 Å². The first-order valence-corrected chi connectivity index (χ1v) is 8.29. The van der Waals surface area contributed by atoms with E-state index in [1.807, 2.05) is 54.6 Å². The first-order chi connectivity index (χ1) is 12.3. The van der Waals surface area contributed by atoms with Gasteiger partial charge in [-0.05, 0) is 23.6 Å². The average molecular weight is 354 g/mol. The summed E-state index contributed by atoms with van der Waals surface area (Å²) in [6.07, 6.45) is -0.0434. The van der Waals surface area contributed by atoms with Crippen molar-refractivity contribution in [3.63, 3.8) is 0 Å². The number of esters is 1. The Morgan fingerprint density at radius 3 is 2.04 bits per heavy atom. The number of ether oxygens (including phenoxy) is 1. The molecule has 0 spiro atoms. The second kappa shape index (κ2) is 7.95. The van der Waals surface area contributed by atoms with E-state index in [1.54, 1.807) is 0 Å². The molecule has 136 valence electrons. The van der Waals surface area contributed by atoms with Gasteiger partial charge in [-0.1, -0.05) is 61.5 Å². The van der Waals surface area contributed by atoms with Gasteiger partial charge in [-0.15, -0.1) is 0 Å². The van der Waals surface area contributed by atoms with Gasteiger partial charge in [-0.2, -0.15) is 0 Å². The summed E-state index contributed by atoms with van der Waals surface area (Å²) in [5.41, 5.74) is 1.04. The number of hydrogen-bond donors (Lipinski definition) is 1. The summed E-state index contributed by atoms with van der Waals surface area (Å²) in [4.78, 5) is 36.3. The van der Waals surface area contributed by atoms with Crippen LogP contribution in [0.3, 0.4) is 0 Å². The van der Waals surface area contributed by atoms with Crippen LogP contribution in [0.5, 0.6) is 0 Å². The third-order valence-electron chi connectivity index (χ3n) is 4.85. The van der Waals surface area contributed by atoms with Crippen molar-refractivity contribution < 1.29 is 24.2 Å². The number of hydrogen-bond acceptors (Lipinski definition) is 4. The van der Waals surface area contributed by atoms with Gasteiger partial charge in [0.05, 0.1) is 13.0 Å². The van der Waals surface area contributed by atoms with Crippen LogP contribution in [-0.2, 0) is 25.5 Å². The van der Waals surface area contributed by atoms with Gasteiger partial charge in [0.2, 0.25) is 0 Å². The summed E-state index contributed by atoms with van der Waals surface area (Å²) in [7, 11) is 1.15. The van der Waals surface area contributed by atoms with Crippen molar-refractivity contribution in [2.24, 2.45) is 11.3 Å². The van der Waals surface area contributed by atoms with E-state index in [0.717, 1.165) is 18.2 Å². The fraction of sp³-hybridized carbons (Fsp3) is 0.286. The molecular weight excluding hydrogens is 332 g/mol. The highest BCUT2D eigenvalue weighted by Gasteiger charge is 2.49. The Labute approximate surface area is 152 Å². The molecule has 2 aromatic carbocycles. The quantitative estimate of drug-likeness (QED) is 0.609. The highest BCUT2D eigenvalue weighted by atomic mass is 16.5. The third kappa shape index (κ3) is 3.82. The van der Waals surface area contributed by atoms with Crippen molar-refractivity contribution in [2.75, 3.05) is 7.11 Å². The zero-order valence-electron chi connectivity index (χ0n) is 15.1. The SMILES string of the molecule is COC(=O)C(C)(C(=O)Cc1ccc(-c2ccccc2)cc1)[C@@H](C)C(=O)O. The molecule has 0 heterocycles. The topological polar surface area (TPSA) is 80.7 Å². The lowest BCUT2D eigenvalue weighted by Gasteiger charge is -2.28. The summed E-state index contributed by atoms with van der Waals surface area (Å²) >= 11 is 0. The highest BCUT2D eigenvalue weighted by Crippen LogP contribution is 2.32. The summed E-state index contributed by atoms with van der Waals surface area (Å²) in [5.74, 6) is -3.72. The zero-order valence-corrected chi connectivity index (χ0v) is 15.1. The van der Waals surface area contributed by atoms with Crippen LogP contribution in [0.15, 0.2) is 54.6 Å². The van der Waals surface area contributed by atoms with Crippen LogP contribution >= 0.6 is 0 Å². The van der Waals surface area contributed by atoms with E-state index >= 15 is 0 Å². The molecule has 0 saturated carbocycles. The molecule has 5 heteroatoms. The number of Topliss-reactive ketones (excluding diaryl/α,β-unsaturated/α-hetero) is 1. The lowest BCUT2D eigenvalue weighted by atomic mass is 9.73. The van der Waals surface area contributed by atoms with E-state index in [1.165, 1.54) is 13.8 Å². The molecule has 2 atom stereocenters. The Bertz CT molecular complexity index is 795. The number of ketones is 1. The summed E-state index contributed by atoms with van der Waals surface area (Å²) in [6.45, 7) is 2.67. The molecule has 1 N–H and O–H groups in total. The normalized spacial score (nSPS) is 14.1. The van der Waals surface area contributed by atoms with E-state index in [-0.39, 0.29) is 6.42 Å². The highest BCUT2D eigenvalue weighted by molar-refractivity contribution is 6.07. The molecule has 0 aliphatic heterocycles. The molecule has 2 aromatic rings. The van der Waals surface area contributed by atoms with Gasteiger partial charge in [-0.25, -0.2) is 0 Å². The van der Waals surface area contributed by atoms with Crippen molar-refractivity contribution in [3.05, 3.63) is 60.2 Å². The van der Waals surface area contributed by atoms with Gasteiger partial charge in [0.1, 0.15) is 5.41 Å². The Hall–Kier alpha value is -2.95. The number of methoxy groups -OCH3 is 1. The van der Waals surface area contributed by atoms with Crippen molar-refractivity contribution >= 4 is 17.7 Å². The van der Waals surface area contributed by atoms with E-state index in [2.05, 4.69) is 0 Å². The summed E-state index contributed by atoms with van der Waals surface area (Å²) in [5, 5.41) is 9.28. The summed E-state index contributed by atoms with van der Waals surface area (Å²) < 4.78 is 4.70. The van der Waals surface area contributed by atoms with E-state index in [4.69, 9.17) is 4.74 Å². The van der Waals surface area contributed by atoms with Crippen LogP contribution in [0.2, 0.25) is 0 Å². The molecular formula is C21H22O5. The van der Waals surface area contributed by atoms with Gasteiger partial charge in [-0.3, -0.25) is 14.4 Å². The Kier molecular flexibility index (Phi) is 5.93. The first kappa shape index (κ1) is 19.4. The van der Waals surface area contributed by atoms with Crippen LogP contribution < -0.4 is 0 Å². The first-order valence-electron chi connectivity index (χ1n) is 8.29. The number of aliphatic carboxylic acids is 1. The number of carboxylic acid groups (broad SMARTS) is 1. The maximum absolute atomic E-state index is 12.8. The molecule has 0 bridgehead atoms. The molecule has 0 fully saturated rings. The predicted molar refractivity (Wildman–Crippen MR) is 97.5 cm³/mol. The Morgan fingerprint density at radius 1 is 1.00 bits per heavy atom. The minimum atomic E-state index is -1.74. The largest absolute Gasteiger partial charge is 0.481 e. The number of benzene rings is 2. The molecule has 0 amide bonds. The van der Waals surface area contributed by atoms with E-state index < -0.39 is 29.1 Å². The standard InChI is InChI=1S/C21H22O5/c1-14(19(23)24)21(2,20(25)26-3)18(22)13-15-9-11-17(12-10-15)16-7-5-4-6-8-16/h4-12,14H,13H2,1-3H3,(H,23,24)/t14-,21?/m0/s1. The average Bonchev–Trinajstić information content (AvgIpc) is 2.67. The van der Waals surface area contributed by atoms with Gasteiger partial charge in [0.25, 0.3) is 0 Å².